The monoisotopic (exact) mass is 456 g/mol. The number of hydrogen-bond acceptors (Lipinski definition) is 5. The molecule has 0 bridgehead atoms. The number of carbonyl (C=O) groups excluding carboxylic acids is 2. The van der Waals surface area contributed by atoms with Crippen LogP contribution in [0.2, 0.25) is 0 Å². The van der Waals surface area contributed by atoms with Crippen LogP contribution in [0.5, 0.6) is 0 Å². The van der Waals surface area contributed by atoms with Crippen LogP contribution in [0.1, 0.15) is 22.8 Å². The molecule has 0 aliphatic carbocycles. The van der Waals surface area contributed by atoms with Crippen LogP contribution < -0.4 is 9.62 Å². The van der Waals surface area contributed by atoms with Gasteiger partial charge in [0.05, 0.1) is 16.1 Å². The van der Waals surface area contributed by atoms with Crippen LogP contribution >= 0.6 is 0 Å². The Bertz CT molecular complexity index is 1100. The maximum absolute atomic E-state index is 13.2. The molecule has 0 saturated heterocycles. The number of hydrogen-bond donors (Lipinski definition) is 1. The molecule has 2 aromatic rings. The minimum Gasteiger partial charge on any atom is -0.452 e. The highest BCUT2D eigenvalue weighted by Crippen LogP contribution is 2.36. The molecule has 0 saturated carbocycles. The van der Waals surface area contributed by atoms with Crippen LogP contribution in [0, 0.1) is 0 Å². The van der Waals surface area contributed by atoms with E-state index >= 15 is 0 Å². The van der Waals surface area contributed by atoms with Crippen LogP contribution in [0.3, 0.4) is 0 Å². The van der Waals surface area contributed by atoms with Gasteiger partial charge in [0.2, 0.25) is 0 Å². The van der Waals surface area contributed by atoms with Crippen LogP contribution in [0.15, 0.2) is 53.4 Å². The van der Waals surface area contributed by atoms with Gasteiger partial charge >= 0.3 is 12.1 Å². The van der Waals surface area contributed by atoms with Crippen LogP contribution in [0.4, 0.5) is 18.9 Å². The first-order valence-electron chi connectivity index (χ1n) is 9.22. The summed E-state index contributed by atoms with van der Waals surface area (Å²) < 4.78 is 68.8. The Balaban J connectivity index is 1.74. The number of esters is 1. The molecule has 7 nitrogen and oxygen atoms in total. The molecule has 2 aromatic carbocycles. The van der Waals surface area contributed by atoms with Gasteiger partial charge in [-0.1, -0.05) is 24.3 Å². The Morgan fingerprint density at radius 3 is 2.58 bits per heavy atom. The standard InChI is InChI=1S/C20H19F3N2O5S/c1-13-9-14-5-2-3-8-17(14)25(13)31(28,29)16-7-4-6-15(10-16)19(27)30-11-18(26)24-12-20(21,22)23/h2-8,10,13H,9,11-12H2,1H3,(H,24,26)/t13-/m1/s1. The maximum Gasteiger partial charge on any atom is 0.405 e. The molecule has 0 aromatic heterocycles. The average molecular weight is 456 g/mol. The number of sulfonamides is 1. The SMILES string of the molecule is C[C@@H]1Cc2ccccc2N1S(=O)(=O)c1cccc(C(=O)OCC(=O)NCC(F)(F)F)c1. The molecule has 0 spiro atoms. The van der Waals surface area contributed by atoms with E-state index in [2.05, 4.69) is 0 Å². The molecule has 3 rings (SSSR count). The molecule has 1 heterocycles. The third kappa shape index (κ3) is 5.16. The summed E-state index contributed by atoms with van der Waals surface area (Å²) in [5, 5.41) is 1.57. The average Bonchev–Trinajstić information content (AvgIpc) is 3.06. The third-order valence-electron chi connectivity index (χ3n) is 4.59. The van der Waals surface area contributed by atoms with Crippen molar-refractivity contribution in [3.05, 3.63) is 59.7 Å². The van der Waals surface area contributed by atoms with Crippen molar-refractivity contribution in [2.75, 3.05) is 17.5 Å². The third-order valence-corrected chi connectivity index (χ3v) is 6.52. The lowest BCUT2D eigenvalue weighted by Crippen LogP contribution is -2.36. The summed E-state index contributed by atoms with van der Waals surface area (Å²) in [6, 6.07) is 11.9. The van der Waals surface area contributed by atoms with Gasteiger partial charge in [-0.25, -0.2) is 13.2 Å². The van der Waals surface area contributed by atoms with E-state index in [4.69, 9.17) is 4.74 Å². The number of rotatable bonds is 6. The first-order chi connectivity index (χ1) is 14.5. The zero-order valence-electron chi connectivity index (χ0n) is 16.3. The Morgan fingerprint density at radius 1 is 1.16 bits per heavy atom. The summed E-state index contributed by atoms with van der Waals surface area (Å²) in [5.41, 5.74) is 1.30. The Morgan fingerprint density at radius 2 is 1.87 bits per heavy atom. The Kier molecular flexibility index (Phi) is 6.25. The van der Waals surface area contributed by atoms with E-state index in [1.54, 1.807) is 24.4 Å². The topological polar surface area (TPSA) is 92.8 Å². The van der Waals surface area contributed by atoms with Gasteiger partial charge < -0.3 is 10.1 Å². The Labute approximate surface area is 176 Å². The zero-order valence-corrected chi connectivity index (χ0v) is 17.2. The smallest absolute Gasteiger partial charge is 0.405 e. The largest absolute Gasteiger partial charge is 0.452 e. The second kappa shape index (κ2) is 8.58. The summed E-state index contributed by atoms with van der Waals surface area (Å²) in [6.07, 6.45) is -4.04. The number of anilines is 1. The van der Waals surface area contributed by atoms with Gasteiger partial charge in [0.1, 0.15) is 6.54 Å². The number of para-hydroxylation sites is 1. The molecule has 1 aliphatic heterocycles. The Hall–Kier alpha value is -3.08. The molecule has 166 valence electrons. The highest BCUT2D eigenvalue weighted by atomic mass is 32.2. The number of halogens is 3. The van der Waals surface area contributed by atoms with Crippen molar-refractivity contribution in [1.29, 1.82) is 0 Å². The van der Waals surface area contributed by atoms with E-state index in [1.807, 2.05) is 12.1 Å². The summed E-state index contributed by atoms with van der Waals surface area (Å²) in [5.74, 6) is -2.16. The second-order valence-corrected chi connectivity index (χ2v) is 8.79. The van der Waals surface area contributed by atoms with Gasteiger partial charge in [0, 0.05) is 6.04 Å². The van der Waals surface area contributed by atoms with Crippen molar-refractivity contribution < 1.29 is 35.9 Å². The van der Waals surface area contributed by atoms with Crippen molar-refractivity contribution in [2.45, 2.75) is 30.5 Å². The van der Waals surface area contributed by atoms with E-state index in [-0.39, 0.29) is 16.5 Å². The number of amides is 1. The van der Waals surface area contributed by atoms with E-state index in [0.717, 1.165) is 11.6 Å². The first kappa shape index (κ1) is 22.6. The number of ether oxygens (including phenoxy) is 1. The molecule has 11 heteroatoms. The van der Waals surface area contributed by atoms with E-state index in [0.29, 0.717) is 12.1 Å². The highest BCUT2D eigenvalue weighted by molar-refractivity contribution is 7.92. The quantitative estimate of drug-likeness (QED) is 0.675. The lowest BCUT2D eigenvalue weighted by molar-refractivity contribution is -0.140. The van der Waals surface area contributed by atoms with Crippen LogP contribution in [0.25, 0.3) is 0 Å². The number of nitrogens with one attached hydrogen (secondary N) is 1. The fourth-order valence-electron chi connectivity index (χ4n) is 3.26. The predicted octanol–water partition coefficient (Wildman–Crippen LogP) is 2.66. The predicted molar refractivity (Wildman–Crippen MR) is 105 cm³/mol. The van der Waals surface area contributed by atoms with E-state index in [9.17, 15) is 31.2 Å². The maximum atomic E-state index is 13.2. The first-order valence-corrected chi connectivity index (χ1v) is 10.7. The van der Waals surface area contributed by atoms with Crippen molar-refractivity contribution >= 4 is 27.6 Å². The molecule has 1 atom stereocenters. The van der Waals surface area contributed by atoms with Gasteiger partial charge in [0.25, 0.3) is 15.9 Å². The molecule has 1 aliphatic rings. The summed E-state index contributed by atoms with van der Waals surface area (Å²) in [7, 11) is -3.99. The number of fused-ring (bicyclic) bond motifs is 1. The van der Waals surface area contributed by atoms with Gasteiger partial charge in [-0.3, -0.25) is 9.10 Å². The fraction of sp³-hybridized carbons (Fsp3) is 0.300. The molecule has 1 amide bonds. The lowest BCUT2D eigenvalue weighted by atomic mass is 10.1. The van der Waals surface area contributed by atoms with E-state index in [1.165, 1.54) is 22.5 Å². The highest BCUT2D eigenvalue weighted by Gasteiger charge is 2.36. The van der Waals surface area contributed by atoms with E-state index < -0.39 is 41.2 Å². The number of benzene rings is 2. The van der Waals surface area contributed by atoms with Gasteiger partial charge in [-0.05, 0) is 43.2 Å². The van der Waals surface area contributed by atoms with Crippen molar-refractivity contribution in [1.82, 2.24) is 5.32 Å². The van der Waals surface area contributed by atoms with Crippen LogP contribution in [-0.2, 0) is 26.0 Å². The number of alkyl halides is 3. The zero-order chi connectivity index (χ0) is 22.8. The molecule has 0 unspecified atom stereocenters. The van der Waals surface area contributed by atoms with Gasteiger partial charge in [0.15, 0.2) is 6.61 Å². The molecule has 0 radical (unpaired) electrons. The molecule has 31 heavy (non-hydrogen) atoms. The number of nitrogens with zero attached hydrogens (tertiary/aromatic N) is 1. The molecule has 0 fully saturated rings. The van der Waals surface area contributed by atoms with Gasteiger partial charge in [-0.15, -0.1) is 0 Å². The lowest BCUT2D eigenvalue weighted by Gasteiger charge is -2.24. The fourth-order valence-corrected chi connectivity index (χ4v) is 5.00. The molecular weight excluding hydrogens is 437 g/mol. The molecule has 1 N–H and O–H groups in total. The van der Waals surface area contributed by atoms with Crippen molar-refractivity contribution in [3.63, 3.8) is 0 Å². The van der Waals surface area contributed by atoms with Gasteiger partial charge in [-0.2, -0.15) is 13.2 Å². The summed E-state index contributed by atoms with van der Waals surface area (Å²) in [4.78, 5) is 23.4. The second-order valence-electron chi connectivity index (χ2n) is 6.98. The summed E-state index contributed by atoms with van der Waals surface area (Å²) >= 11 is 0. The normalized spacial score (nSPS) is 16.0. The minimum absolute atomic E-state index is 0.146. The summed E-state index contributed by atoms with van der Waals surface area (Å²) in [6.45, 7) is -0.704. The minimum atomic E-state index is -4.59. The van der Waals surface area contributed by atoms with Crippen molar-refractivity contribution in [3.8, 4) is 0 Å². The molecular formula is C20H19F3N2O5S. The van der Waals surface area contributed by atoms with Crippen LogP contribution in [-0.4, -0.2) is 45.7 Å². The number of carbonyl (C=O) groups is 2. The van der Waals surface area contributed by atoms with Crippen molar-refractivity contribution in [2.24, 2.45) is 0 Å².